The van der Waals surface area contributed by atoms with Crippen LogP contribution in [0.15, 0.2) is 122 Å². The first kappa shape index (κ1) is 53.8. The molecular weight excluding hydrogens is 721 g/mol. The minimum absolute atomic E-state index is 0.131. The maximum absolute atomic E-state index is 12.7. The molecule has 0 saturated heterocycles. The van der Waals surface area contributed by atoms with E-state index in [2.05, 4.69) is 142 Å². The zero-order valence-corrected chi connectivity index (χ0v) is 36.8. The molecule has 0 fully saturated rings. The van der Waals surface area contributed by atoms with E-state index in [0.29, 0.717) is 19.3 Å². The third-order valence-corrected chi connectivity index (χ3v) is 8.78. The molecule has 0 radical (unpaired) electrons. The molecule has 0 amide bonds. The van der Waals surface area contributed by atoms with Crippen molar-refractivity contribution in [1.29, 1.82) is 0 Å². The lowest BCUT2D eigenvalue weighted by Crippen LogP contribution is -2.30. The number of esters is 3. The van der Waals surface area contributed by atoms with Crippen LogP contribution in [-0.2, 0) is 28.6 Å². The minimum Gasteiger partial charge on any atom is -0.462 e. The van der Waals surface area contributed by atoms with Gasteiger partial charge in [0.05, 0.1) is 0 Å². The van der Waals surface area contributed by atoms with Gasteiger partial charge < -0.3 is 14.2 Å². The lowest BCUT2D eigenvalue weighted by Gasteiger charge is -2.18. The van der Waals surface area contributed by atoms with Gasteiger partial charge in [-0.2, -0.15) is 0 Å². The van der Waals surface area contributed by atoms with Crippen molar-refractivity contribution in [3.05, 3.63) is 122 Å². The lowest BCUT2D eigenvalue weighted by atomic mass is 10.1. The van der Waals surface area contributed by atoms with Gasteiger partial charge in [0.1, 0.15) is 13.2 Å². The quantitative estimate of drug-likeness (QED) is 0.0203. The van der Waals surface area contributed by atoms with Gasteiger partial charge in [-0.15, -0.1) is 0 Å². The number of ether oxygens (including phenoxy) is 3. The molecule has 0 saturated carbocycles. The molecule has 0 spiro atoms. The predicted octanol–water partition coefficient (Wildman–Crippen LogP) is 14.6. The van der Waals surface area contributed by atoms with E-state index in [1.807, 2.05) is 0 Å². The first-order chi connectivity index (χ1) is 28.5. The van der Waals surface area contributed by atoms with E-state index in [9.17, 15) is 14.4 Å². The van der Waals surface area contributed by atoms with E-state index >= 15 is 0 Å². The average Bonchev–Trinajstić information content (AvgIpc) is 3.22. The van der Waals surface area contributed by atoms with Gasteiger partial charge in [-0.05, 0) is 96.3 Å². The monoisotopic (exact) mass is 801 g/mol. The predicted molar refractivity (Wildman–Crippen MR) is 246 cm³/mol. The second-order valence-corrected chi connectivity index (χ2v) is 14.3. The Bertz CT molecular complexity index is 1290. The van der Waals surface area contributed by atoms with Gasteiger partial charge >= 0.3 is 17.9 Å². The zero-order chi connectivity index (χ0) is 42.3. The van der Waals surface area contributed by atoms with Gasteiger partial charge in [0.2, 0.25) is 0 Å². The van der Waals surface area contributed by atoms with Crippen LogP contribution in [-0.4, -0.2) is 37.2 Å². The molecule has 0 N–H and O–H groups in total. The number of carbonyl (C=O) groups is 3. The number of carbonyl (C=O) groups excluding carboxylic acids is 3. The molecule has 1 atom stereocenters. The molecule has 0 aromatic carbocycles. The van der Waals surface area contributed by atoms with Crippen molar-refractivity contribution < 1.29 is 28.6 Å². The Hall–Kier alpha value is -4.19. The third kappa shape index (κ3) is 42.9. The zero-order valence-electron chi connectivity index (χ0n) is 36.8. The normalized spacial score (nSPS) is 13.2. The SMILES string of the molecule is CC/C=C\C/C=C\C/C=C\CCCC(=O)OCC(COC(=O)CCCCCCC\C=C/C=C\C=C/C=C\CCCCC)OC(=O)CCC/C=C\C/C=C\C/C=C\CC. The number of allylic oxidation sites excluding steroid dienone is 20. The molecule has 6 nitrogen and oxygen atoms in total. The van der Waals surface area contributed by atoms with Gasteiger partial charge in [0.25, 0.3) is 0 Å². The molecular formula is C52H80O6. The van der Waals surface area contributed by atoms with Crippen LogP contribution in [0.5, 0.6) is 0 Å². The fraction of sp³-hybridized carbons (Fsp3) is 0.558. The van der Waals surface area contributed by atoms with Gasteiger partial charge in [-0.25, -0.2) is 0 Å². The first-order valence-electron chi connectivity index (χ1n) is 22.6. The number of rotatable bonds is 38. The average molecular weight is 801 g/mol. The first-order valence-corrected chi connectivity index (χ1v) is 22.6. The van der Waals surface area contributed by atoms with Crippen molar-refractivity contribution in [1.82, 2.24) is 0 Å². The summed E-state index contributed by atoms with van der Waals surface area (Å²) >= 11 is 0. The molecule has 6 heteroatoms. The van der Waals surface area contributed by atoms with Crippen LogP contribution in [0, 0.1) is 0 Å². The summed E-state index contributed by atoms with van der Waals surface area (Å²) in [5.74, 6) is -1.08. The second kappa shape index (κ2) is 45.5. The van der Waals surface area contributed by atoms with Crippen LogP contribution in [0.1, 0.15) is 168 Å². The molecule has 0 aliphatic rings. The fourth-order valence-corrected chi connectivity index (χ4v) is 5.44. The van der Waals surface area contributed by atoms with E-state index in [-0.39, 0.29) is 38.0 Å². The summed E-state index contributed by atoms with van der Waals surface area (Å²) in [6, 6.07) is 0. The summed E-state index contributed by atoms with van der Waals surface area (Å²) < 4.78 is 16.6. The molecule has 0 aromatic heterocycles. The number of hydrogen-bond acceptors (Lipinski definition) is 6. The highest BCUT2D eigenvalue weighted by Gasteiger charge is 2.19. The summed E-state index contributed by atoms with van der Waals surface area (Å²) in [4.78, 5) is 37.7. The van der Waals surface area contributed by atoms with Gasteiger partial charge in [-0.3, -0.25) is 14.4 Å². The van der Waals surface area contributed by atoms with Crippen molar-refractivity contribution in [3.8, 4) is 0 Å². The standard InChI is InChI=1S/C52H80O6/c1-4-7-10-13-16-19-22-23-24-25-26-27-28-31-33-36-39-42-45-51(54)57-48-49(58-52(55)46-43-40-37-34-30-21-18-15-12-9-6-3)47-56-50(53)44-41-38-35-32-29-20-17-14-11-8-5-2/h8-9,11-12,16-27,32,34-35,37,49H,4-7,10,13-15,28-31,33,36,38-48H2,1-3H3/b11-8-,12-9-,19-16-,20-17-,21-18-,23-22-,25-24-,27-26-,35-32-,37-34-. The van der Waals surface area contributed by atoms with Crippen molar-refractivity contribution in [3.63, 3.8) is 0 Å². The van der Waals surface area contributed by atoms with E-state index in [0.717, 1.165) is 96.3 Å². The van der Waals surface area contributed by atoms with Crippen molar-refractivity contribution in [2.45, 2.75) is 175 Å². The van der Waals surface area contributed by atoms with E-state index in [4.69, 9.17) is 14.2 Å². The van der Waals surface area contributed by atoms with Crippen LogP contribution in [0.4, 0.5) is 0 Å². The Labute approximate surface area is 354 Å². The highest BCUT2D eigenvalue weighted by Crippen LogP contribution is 2.10. The van der Waals surface area contributed by atoms with Crippen LogP contribution in [0.3, 0.4) is 0 Å². The largest absolute Gasteiger partial charge is 0.462 e. The second-order valence-electron chi connectivity index (χ2n) is 14.3. The van der Waals surface area contributed by atoms with Crippen LogP contribution < -0.4 is 0 Å². The number of unbranched alkanes of at least 4 members (excludes halogenated alkanes) is 10. The maximum atomic E-state index is 12.7. The Balaban J connectivity index is 4.54. The van der Waals surface area contributed by atoms with Crippen LogP contribution in [0.25, 0.3) is 0 Å². The summed E-state index contributed by atoms with van der Waals surface area (Å²) in [7, 11) is 0. The van der Waals surface area contributed by atoms with Gasteiger partial charge in [0.15, 0.2) is 6.10 Å². The molecule has 324 valence electrons. The maximum Gasteiger partial charge on any atom is 0.306 e. The van der Waals surface area contributed by atoms with Crippen LogP contribution >= 0.6 is 0 Å². The molecule has 0 rings (SSSR count). The Morgan fingerprint density at radius 3 is 1.26 bits per heavy atom. The Morgan fingerprint density at radius 1 is 0.379 bits per heavy atom. The highest BCUT2D eigenvalue weighted by atomic mass is 16.6. The summed E-state index contributed by atoms with van der Waals surface area (Å²) in [6.45, 7) is 6.20. The summed E-state index contributed by atoms with van der Waals surface area (Å²) in [6.07, 6.45) is 62.0. The molecule has 0 bridgehead atoms. The highest BCUT2D eigenvalue weighted by molar-refractivity contribution is 5.71. The topological polar surface area (TPSA) is 78.9 Å². The summed E-state index contributed by atoms with van der Waals surface area (Å²) in [5, 5.41) is 0. The van der Waals surface area contributed by atoms with Crippen molar-refractivity contribution in [2.75, 3.05) is 13.2 Å². The fourth-order valence-electron chi connectivity index (χ4n) is 5.44. The molecule has 58 heavy (non-hydrogen) atoms. The number of hydrogen-bond donors (Lipinski definition) is 0. The van der Waals surface area contributed by atoms with Crippen molar-refractivity contribution in [2.24, 2.45) is 0 Å². The molecule has 0 aromatic rings. The smallest absolute Gasteiger partial charge is 0.306 e. The van der Waals surface area contributed by atoms with E-state index < -0.39 is 12.1 Å². The van der Waals surface area contributed by atoms with Gasteiger partial charge in [0, 0.05) is 19.3 Å². The Morgan fingerprint density at radius 2 is 0.759 bits per heavy atom. The Kier molecular flexibility index (Phi) is 42.2. The minimum atomic E-state index is -0.835. The van der Waals surface area contributed by atoms with E-state index in [1.165, 1.54) is 19.3 Å². The molecule has 1 unspecified atom stereocenters. The van der Waals surface area contributed by atoms with Gasteiger partial charge in [-0.1, -0.05) is 174 Å². The molecule has 0 aliphatic carbocycles. The summed E-state index contributed by atoms with van der Waals surface area (Å²) in [5.41, 5.74) is 0. The third-order valence-electron chi connectivity index (χ3n) is 8.78. The molecule has 0 aliphatic heterocycles. The van der Waals surface area contributed by atoms with Crippen LogP contribution in [0.2, 0.25) is 0 Å². The lowest BCUT2D eigenvalue weighted by molar-refractivity contribution is -0.167. The molecule has 0 heterocycles. The van der Waals surface area contributed by atoms with Crippen molar-refractivity contribution >= 4 is 17.9 Å². The van der Waals surface area contributed by atoms with E-state index in [1.54, 1.807) is 0 Å².